The van der Waals surface area contributed by atoms with E-state index in [9.17, 15) is 8.42 Å². The van der Waals surface area contributed by atoms with Crippen LogP contribution in [0.1, 0.15) is 12.0 Å². The van der Waals surface area contributed by atoms with E-state index >= 15 is 0 Å². The van der Waals surface area contributed by atoms with Crippen LogP contribution in [0.15, 0.2) is 23.1 Å². The highest BCUT2D eigenvalue weighted by molar-refractivity contribution is 7.89. The minimum absolute atomic E-state index is 0. The summed E-state index contributed by atoms with van der Waals surface area (Å²) >= 11 is 6.15. The number of hydrogen-bond acceptors (Lipinski definition) is 4. The van der Waals surface area contributed by atoms with Crippen LogP contribution in [0.25, 0.3) is 0 Å². The minimum atomic E-state index is -3.50. The average Bonchev–Trinajstić information content (AvgIpc) is 2.98. The Hall–Kier alpha value is -0.370. The molecule has 0 saturated carbocycles. The molecular weight excluding hydrogens is 357 g/mol. The summed E-state index contributed by atoms with van der Waals surface area (Å²) in [5.74, 6) is 0. The third-order valence-electron chi connectivity index (χ3n) is 4.50. The number of hydrogen-bond donors (Lipinski definition) is 1. The van der Waals surface area contributed by atoms with E-state index in [1.54, 1.807) is 22.5 Å². The predicted octanol–water partition coefficient (Wildman–Crippen LogP) is 1.74. The van der Waals surface area contributed by atoms with E-state index in [4.69, 9.17) is 11.6 Å². The standard InChI is InChI=1S/C15H22ClN3O2S.ClH/c1-12-2-3-15(14(16)10-12)22(20,21)19-7-4-13(11-19)18-8-5-17-6-9-18;/h2-3,10,13,17H,4-9,11H2,1H3;1H. The molecule has 130 valence electrons. The highest BCUT2D eigenvalue weighted by Crippen LogP contribution is 2.29. The molecule has 2 saturated heterocycles. The minimum Gasteiger partial charge on any atom is -0.314 e. The van der Waals surface area contributed by atoms with Crippen LogP contribution in [0.3, 0.4) is 0 Å². The molecule has 1 aromatic rings. The lowest BCUT2D eigenvalue weighted by molar-refractivity contribution is 0.179. The first-order chi connectivity index (χ1) is 10.5. The second-order valence-electron chi connectivity index (χ2n) is 6.03. The summed E-state index contributed by atoms with van der Waals surface area (Å²) in [6, 6.07) is 5.44. The van der Waals surface area contributed by atoms with E-state index in [2.05, 4.69) is 10.2 Å². The zero-order chi connectivity index (χ0) is 15.7. The number of nitrogens with one attached hydrogen (secondary N) is 1. The second kappa shape index (κ2) is 7.68. The summed E-state index contributed by atoms with van der Waals surface area (Å²) in [4.78, 5) is 2.61. The Balaban J connectivity index is 0.00000192. The van der Waals surface area contributed by atoms with Crippen molar-refractivity contribution in [1.29, 1.82) is 0 Å². The molecule has 1 unspecified atom stereocenters. The van der Waals surface area contributed by atoms with Crippen LogP contribution in [0.2, 0.25) is 5.02 Å². The molecule has 2 fully saturated rings. The van der Waals surface area contributed by atoms with E-state index in [0.29, 0.717) is 24.2 Å². The maximum Gasteiger partial charge on any atom is 0.244 e. The lowest BCUT2D eigenvalue weighted by atomic mass is 10.2. The van der Waals surface area contributed by atoms with Gasteiger partial charge in [0, 0.05) is 45.3 Å². The molecule has 1 N–H and O–H groups in total. The van der Waals surface area contributed by atoms with Crippen LogP contribution < -0.4 is 5.32 Å². The molecule has 0 aliphatic carbocycles. The van der Waals surface area contributed by atoms with Gasteiger partial charge >= 0.3 is 0 Å². The van der Waals surface area contributed by atoms with Gasteiger partial charge in [0.1, 0.15) is 4.90 Å². The van der Waals surface area contributed by atoms with Crippen molar-refractivity contribution >= 4 is 34.0 Å². The summed E-state index contributed by atoms with van der Waals surface area (Å²) in [6.45, 7) is 6.97. The van der Waals surface area contributed by atoms with Gasteiger partial charge in [0.15, 0.2) is 0 Å². The number of nitrogens with zero attached hydrogens (tertiary/aromatic N) is 2. The number of sulfonamides is 1. The molecule has 2 aliphatic rings. The van der Waals surface area contributed by atoms with Gasteiger partial charge in [-0.05, 0) is 31.0 Å². The first-order valence-corrected chi connectivity index (χ1v) is 9.51. The number of piperazine rings is 1. The summed E-state index contributed by atoms with van der Waals surface area (Å²) in [6.07, 6.45) is 0.892. The molecule has 1 atom stereocenters. The predicted molar refractivity (Wildman–Crippen MR) is 95.0 cm³/mol. The van der Waals surface area contributed by atoms with Crippen molar-refractivity contribution in [2.24, 2.45) is 0 Å². The fourth-order valence-corrected chi connectivity index (χ4v) is 5.29. The molecule has 0 spiro atoms. The Kier molecular flexibility index (Phi) is 6.33. The van der Waals surface area contributed by atoms with E-state index in [0.717, 1.165) is 38.2 Å². The van der Waals surface area contributed by atoms with Crippen LogP contribution >= 0.6 is 24.0 Å². The zero-order valence-electron chi connectivity index (χ0n) is 13.2. The van der Waals surface area contributed by atoms with Crippen molar-refractivity contribution < 1.29 is 8.42 Å². The molecule has 2 heterocycles. The maximum atomic E-state index is 12.8. The second-order valence-corrected chi connectivity index (χ2v) is 8.34. The number of benzene rings is 1. The van der Waals surface area contributed by atoms with Gasteiger partial charge in [-0.1, -0.05) is 17.7 Å². The number of halogens is 2. The van der Waals surface area contributed by atoms with E-state index in [-0.39, 0.29) is 17.3 Å². The van der Waals surface area contributed by atoms with Gasteiger partial charge in [0.25, 0.3) is 0 Å². The van der Waals surface area contributed by atoms with Crippen molar-refractivity contribution in [3.8, 4) is 0 Å². The van der Waals surface area contributed by atoms with Crippen molar-refractivity contribution in [3.05, 3.63) is 28.8 Å². The summed E-state index contributed by atoms with van der Waals surface area (Å²) < 4.78 is 27.2. The maximum absolute atomic E-state index is 12.8. The molecule has 5 nitrogen and oxygen atoms in total. The summed E-state index contributed by atoms with van der Waals surface area (Å²) in [5, 5.41) is 3.64. The topological polar surface area (TPSA) is 52.7 Å². The quantitative estimate of drug-likeness (QED) is 0.868. The fourth-order valence-electron chi connectivity index (χ4n) is 3.23. The third-order valence-corrected chi connectivity index (χ3v) is 6.85. The lowest BCUT2D eigenvalue weighted by Crippen LogP contribution is -2.49. The van der Waals surface area contributed by atoms with Crippen molar-refractivity contribution in [2.75, 3.05) is 39.3 Å². The molecule has 8 heteroatoms. The molecule has 3 rings (SSSR count). The molecular formula is C15H23Cl2N3O2S. The Morgan fingerprint density at radius 2 is 1.91 bits per heavy atom. The van der Waals surface area contributed by atoms with E-state index in [1.807, 2.05) is 6.92 Å². The molecule has 0 aromatic heterocycles. The van der Waals surface area contributed by atoms with Crippen LogP contribution in [-0.2, 0) is 10.0 Å². The Labute approximate surface area is 149 Å². The smallest absolute Gasteiger partial charge is 0.244 e. The Morgan fingerprint density at radius 3 is 2.57 bits per heavy atom. The molecule has 0 bridgehead atoms. The Morgan fingerprint density at radius 1 is 1.22 bits per heavy atom. The third kappa shape index (κ3) is 4.00. The van der Waals surface area contributed by atoms with Gasteiger partial charge in [-0.2, -0.15) is 4.31 Å². The van der Waals surface area contributed by atoms with Gasteiger partial charge in [-0.3, -0.25) is 4.90 Å². The zero-order valence-corrected chi connectivity index (χ0v) is 15.6. The van der Waals surface area contributed by atoms with Gasteiger partial charge in [-0.25, -0.2) is 8.42 Å². The SMILES string of the molecule is Cc1ccc(S(=O)(=O)N2CCC(N3CCNCC3)C2)c(Cl)c1.Cl. The summed E-state index contributed by atoms with van der Waals surface area (Å²) in [5.41, 5.74) is 0.962. The normalized spacial score (nSPS) is 23.7. The van der Waals surface area contributed by atoms with Gasteiger partial charge in [0.05, 0.1) is 5.02 Å². The Bertz CT molecular complexity index is 648. The van der Waals surface area contributed by atoms with Gasteiger partial charge < -0.3 is 5.32 Å². The van der Waals surface area contributed by atoms with Gasteiger partial charge in [-0.15, -0.1) is 12.4 Å². The lowest BCUT2D eigenvalue weighted by Gasteiger charge is -2.32. The first kappa shape index (κ1) is 19.0. The molecule has 23 heavy (non-hydrogen) atoms. The molecule has 2 aliphatic heterocycles. The van der Waals surface area contributed by atoms with Gasteiger partial charge in [0.2, 0.25) is 10.0 Å². The van der Waals surface area contributed by atoms with E-state index in [1.165, 1.54) is 0 Å². The monoisotopic (exact) mass is 379 g/mol. The molecule has 1 aromatic carbocycles. The van der Waals surface area contributed by atoms with Crippen molar-refractivity contribution in [1.82, 2.24) is 14.5 Å². The molecule has 0 radical (unpaired) electrons. The largest absolute Gasteiger partial charge is 0.314 e. The van der Waals surface area contributed by atoms with Crippen molar-refractivity contribution in [2.45, 2.75) is 24.3 Å². The average molecular weight is 380 g/mol. The van der Waals surface area contributed by atoms with Crippen molar-refractivity contribution in [3.63, 3.8) is 0 Å². The highest BCUT2D eigenvalue weighted by Gasteiger charge is 2.36. The van der Waals surface area contributed by atoms with Crippen LogP contribution in [0, 0.1) is 6.92 Å². The summed E-state index contributed by atoms with van der Waals surface area (Å²) in [7, 11) is -3.50. The van der Waals surface area contributed by atoms with Crippen LogP contribution in [0.4, 0.5) is 0 Å². The fraction of sp³-hybridized carbons (Fsp3) is 0.600. The van der Waals surface area contributed by atoms with E-state index < -0.39 is 10.0 Å². The first-order valence-electron chi connectivity index (χ1n) is 7.69. The number of aryl methyl sites for hydroxylation is 1. The van der Waals surface area contributed by atoms with Crippen LogP contribution in [-0.4, -0.2) is 62.9 Å². The number of rotatable bonds is 3. The highest BCUT2D eigenvalue weighted by atomic mass is 35.5. The van der Waals surface area contributed by atoms with Crippen LogP contribution in [0.5, 0.6) is 0 Å². The molecule has 0 amide bonds.